The van der Waals surface area contributed by atoms with Crippen molar-refractivity contribution in [2.45, 2.75) is 32.4 Å². The molecule has 1 fully saturated rings. The van der Waals surface area contributed by atoms with E-state index in [0.717, 1.165) is 14.9 Å². The third kappa shape index (κ3) is 3.69. The predicted octanol–water partition coefficient (Wildman–Crippen LogP) is 2.22. The fourth-order valence-corrected chi connectivity index (χ4v) is 2.86. The van der Waals surface area contributed by atoms with E-state index in [-0.39, 0.29) is 6.61 Å². The first-order valence-electron chi connectivity index (χ1n) is 7.43. The number of hydrogen-bond donors (Lipinski definition) is 1. The summed E-state index contributed by atoms with van der Waals surface area (Å²) < 4.78 is 11.0. The Balaban J connectivity index is 1.93. The zero-order valence-corrected chi connectivity index (χ0v) is 15.3. The molecule has 0 aromatic heterocycles. The number of hydrogen-bond acceptors (Lipinski definition) is 5. The van der Waals surface area contributed by atoms with Crippen LogP contribution in [0, 0.1) is 0 Å². The Labute approximate surface area is 148 Å². The van der Waals surface area contributed by atoms with Crippen LogP contribution in [-0.4, -0.2) is 42.0 Å². The van der Waals surface area contributed by atoms with Crippen molar-refractivity contribution in [2.75, 3.05) is 13.7 Å². The van der Waals surface area contributed by atoms with Crippen LogP contribution in [0.25, 0.3) is 0 Å². The number of esters is 1. The van der Waals surface area contributed by atoms with Crippen LogP contribution in [0.15, 0.2) is 22.7 Å². The van der Waals surface area contributed by atoms with Gasteiger partial charge in [-0.05, 0) is 47.0 Å². The Morgan fingerprint density at radius 1 is 1.38 bits per heavy atom. The van der Waals surface area contributed by atoms with Gasteiger partial charge in [0.2, 0.25) is 0 Å². The molecule has 1 saturated heterocycles. The van der Waals surface area contributed by atoms with E-state index in [1.54, 1.807) is 39.2 Å². The summed E-state index contributed by atoms with van der Waals surface area (Å²) in [6, 6.07) is 4.71. The van der Waals surface area contributed by atoms with Gasteiger partial charge in [0.25, 0.3) is 5.91 Å². The quantitative estimate of drug-likeness (QED) is 0.586. The van der Waals surface area contributed by atoms with Gasteiger partial charge in [-0.3, -0.25) is 14.5 Å². The molecule has 2 rings (SSSR count). The molecule has 1 aliphatic rings. The van der Waals surface area contributed by atoms with Crippen LogP contribution >= 0.6 is 15.9 Å². The van der Waals surface area contributed by atoms with Crippen LogP contribution in [0.2, 0.25) is 0 Å². The summed E-state index contributed by atoms with van der Waals surface area (Å²) >= 11 is 3.35. The van der Waals surface area contributed by atoms with Crippen LogP contribution in [-0.2, 0) is 20.9 Å². The van der Waals surface area contributed by atoms with Gasteiger partial charge in [-0.15, -0.1) is 0 Å². The number of amides is 3. The second kappa shape index (κ2) is 7.21. The van der Waals surface area contributed by atoms with Gasteiger partial charge in [-0.25, -0.2) is 4.79 Å². The molecule has 1 aliphatic heterocycles. The fraction of sp³-hybridized carbons (Fsp3) is 0.438. The average Bonchev–Trinajstić information content (AvgIpc) is 2.77. The number of benzene rings is 1. The lowest BCUT2D eigenvalue weighted by atomic mass is 9.99. The molecule has 7 nitrogen and oxygen atoms in total. The molecule has 1 aromatic carbocycles. The Morgan fingerprint density at radius 2 is 2.08 bits per heavy atom. The monoisotopic (exact) mass is 398 g/mol. The van der Waals surface area contributed by atoms with Crippen molar-refractivity contribution in [3.63, 3.8) is 0 Å². The van der Waals surface area contributed by atoms with Crippen LogP contribution in [0.3, 0.4) is 0 Å². The van der Waals surface area contributed by atoms with Gasteiger partial charge in [-0.1, -0.05) is 13.0 Å². The number of nitrogens with one attached hydrogen (secondary N) is 1. The van der Waals surface area contributed by atoms with Crippen molar-refractivity contribution in [3.8, 4) is 5.75 Å². The predicted molar refractivity (Wildman–Crippen MR) is 89.4 cm³/mol. The normalized spacial score (nSPS) is 20.1. The Hall–Kier alpha value is -2.09. The van der Waals surface area contributed by atoms with Crippen molar-refractivity contribution >= 4 is 33.8 Å². The number of carbonyl (C=O) groups excluding carboxylic acids is 3. The molecule has 1 N–H and O–H groups in total. The maximum absolute atomic E-state index is 12.2. The van der Waals surface area contributed by atoms with Gasteiger partial charge >= 0.3 is 12.0 Å². The lowest BCUT2D eigenvalue weighted by molar-refractivity contribution is -0.148. The molecule has 1 heterocycles. The van der Waals surface area contributed by atoms with E-state index in [9.17, 15) is 14.4 Å². The standard InChI is InChI=1S/C16H19BrN2O5/c1-4-16(2)14(21)19(15(22)18-16)8-13(20)24-9-10-5-6-12(23-3)11(17)7-10/h5-7H,4,8-9H2,1-3H3,(H,18,22)/t16-/m1/s1. The highest BCUT2D eigenvalue weighted by atomic mass is 79.9. The van der Waals surface area contributed by atoms with E-state index >= 15 is 0 Å². The first-order valence-corrected chi connectivity index (χ1v) is 8.22. The van der Waals surface area contributed by atoms with E-state index in [0.29, 0.717) is 12.2 Å². The average molecular weight is 399 g/mol. The summed E-state index contributed by atoms with van der Waals surface area (Å²) in [5.41, 5.74) is -0.204. The number of rotatable bonds is 6. The van der Waals surface area contributed by atoms with Crippen LogP contribution in [0.1, 0.15) is 25.8 Å². The molecule has 130 valence electrons. The second-order valence-electron chi connectivity index (χ2n) is 5.64. The molecule has 0 unspecified atom stereocenters. The van der Waals surface area contributed by atoms with Crippen LogP contribution in [0.4, 0.5) is 4.79 Å². The van der Waals surface area contributed by atoms with E-state index in [1.807, 2.05) is 0 Å². The molecule has 0 aliphatic carbocycles. The summed E-state index contributed by atoms with van der Waals surface area (Å²) in [6.45, 7) is 3.06. The summed E-state index contributed by atoms with van der Waals surface area (Å²) in [5, 5.41) is 2.59. The highest BCUT2D eigenvalue weighted by Crippen LogP contribution is 2.26. The van der Waals surface area contributed by atoms with Crippen molar-refractivity contribution in [1.82, 2.24) is 10.2 Å². The minimum absolute atomic E-state index is 0.0378. The van der Waals surface area contributed by atoms with Gasteiger partial charge in [0.15, 0.2) is 0 Å². The van der Waals surface area contributed by atoms with Crippen molar-refractivity contribution in [2.24, 2.45) is 0 Å². The zero-order chi connectivity index (χ0) is 17.9. The third-order valence-corrected chi connectivity index (χ3v) is 4.58. The molecule has 0 spiro atoms. The number of ether oxygens (including phenoxy) is 2. The largest absolute Gasteiger partial charge is 0.496 e. The second-order valence-corrected chi connectivity index (χ2v) is 6.49. The van der Waals surface area contributed by atoms with Gasteiger partial charge in [0.1, 0.15) is 24.4 Å². The van der Waals surface area contributed by atoms with Gasteiger partial charge in [-0.2, -0.15) is 0 Å². The van der Waals surface area contributed by atoms with Crippen molar-refractivity contribution in [1.29, 1.82) is 0 Å². The number of nitrogens with zero attached hydrogens (tertiary/aromatic N) is 1. The first-order chi connectivity index (χ1) is 11.3. The van der Waals surface area contributed by atoms with Crippen molar-refractivity contribution in [3.05, 3.63) is 28.2 Å². The van der Waals surface area contributed by atoms with E-state index in [1.165, 1.54) is 0 Å². The molecule has 1 atom stereocenters. The lowest BCUT2D eigenvalue weighted by Crippen LogP contribution is -2.43. The molecule has 24 heavy (non-hydrogen) atoms. The third-order valence-electron chi connectivity index (χ3n) is 3.96. The minimum Gasteiger partial charge on any atom is -0.496 e. The van der Waals surface area contributed by atoms with Gasteiger partial charge < -0.3 is 14.8 Å². The highest BCUT2D eigenvalue weighted by Gasteiger charge is 2.47. The molecule has 8 heteroatoms. The molecule has 1 aromatic rings. The Morgan fingerprint density at radius 3 is 2.62 bits per heavy atom. The maximum Gasteiger partial charge on any atom is 0.326 e. The molecule has 0 saturated carbocycles. The zero-order valence-electron chi connectivity index (χ0n) is 13.7. The van der Waals surface area contributed by atoms with E-state index in [4.69, 9.17) is 9.47 Å². The smallest absolute Gasteiger partial charge is 0.326 e. The minimum atomic E-state index is -0.960. The number of urea groups is 1. The van der Waals surface area contributed by atoms with E-state index < -0.39 is 30.0 Å². The van der Waals surface area contributed by atoms with Crippen LogP contribution in [0.5, 0.6) is 5.75 Å². The van der Waals surface area contributed by atoms with Crippen LogP contribution < -0.4 is 10.1 Å². The molecule has 0 bridgehead atoms. The summed E-state index contributed by atoms with van der Waals surface area (Å²) in [6.07, 6.45) is 0.447. The highest BCUT2D eigenvalue weighted by molar-refractivity contribution is 9.10. The SMILES string of the molecule is CC[C@@]1(C)NC(=O)N(CC(=O)OCc2ccc(OC)c(Br)c2)C1=O. The first kappa shape index (κ1) is 18.3. The van der Waals surface area contributed by atoms with Gasteiger partial charge in [0.05, 0.1) is 11.6 Å². The number of halogens is 1. The summed E-state index contributed by atoms with van der Waals surface area (Å²) in [7, 11) is 1.56. The lowest BCUT2D eigenvalue weighted by Gasteiger charge is -2.18. The Kier molecular flexibility index (Phi) is 5.48. The topological polar surface area (TPSA) is 84.9 Å². The molecule has 0 radical (unpaired) electrons. The number of methoxy groups -OCH3 is 1. The Bertz CT molecular complexity index is 678. The summed E-state index contributed by atoms with van der Waals surface area (Å²) in [4.78, 5) is 36.9. The van der Waals surface area contributed by atoms with Gasteiger partial charge in [0, 0.05) is 0 Å². The molecule has 3 amide bonds. The number of imide groups is 1. The fourth-order valence-electron chi connectivity index (χ4n) is 2.27. The molecular formula is C16H19BrN2O5. The maximum atomic E-state index is 12.2. The van der Waals surface area contributed by atoms with E-state index in [2.05, 4.69) is 21.2 Å². The molecular weight excluding hydrogens is 380 g/mol. The van der Waals surface area contributed by atoms with Crippen molar-refractivity contribution < 1.29 is 23.9 Å². The summed E-state index contributed by atoms with van der Waals surface area (Å²) in [5.74, 6) is -0.395. The number of carbonyl (C=O) groups is 3.